The molecule has 0 aliphatic rings. The number of carbonyl (C=O) groups excluding carboxylic acids is 1. The molecule has 3 aromatic carbocycles. The molecule has 0 N–H and O–H groups in total. The quantitative estimate of drug-likeness (QED) is 0.336. The van der Waals surface area contributed by atoms with E-state index in [1.165, 1.54) is 36.5 Å². The summed E-state index contributed by atoms with van der Waals surface area (Å²) >= 11 is 5.93. The molecule has 0 bridgehead atoms. The summed E-state index contributed by atoms with van der Waals surface area (Å²) in [6, 6.07) is 14.0. The Balaban J connectivity index is 1.75. The number of aryl methyl sites for hydroxylation is 1. The second kappa shape index (κ2) is 8.31. The van der Waals surface area contributed by atoms with Crippen LogP contribution in [0.3, 0.4) is 0 Å². The average molecular weight is 493 g/mol. The van der Waals surface area contributed by atoms with Gasteiger partial charge in [0.05, 0.1) is 27.2 Å². The molecule has 0 saturated heterocycles. The fraction of sp³-hybridized carbons (Fsp3) is 0.130. The monoisotopic (exact) mass is 492 g/mol. The number of aromatic nitrogens is 2. The van der Waals surface area contributed by atoms with Crippen molar-refractivity contribution in [1.29, 1.82) is 0 Å². The van der Waals surface area contributed by atoms with Gasteiger partial charge in [-0.05, 0) is 48.4 Å². The lowest BCUT2D eigenvalue weighted by atomic mass is 9.97. The molecule has 0 fully saturated rings. The highest BCUT2D eigenvalue weighted by atomic mass is 35.5. The smallest absolute Gasteiger partial charge is 0.294 e. The summed E-state index contributed by atoms with van der Waals surface area (Å²) in [7, 11) is -4.02. The molecule has 0 aliphatic carbocycles. The van der Waals surface area contributed by atoms with E-state index in [0.717, 1.165) is 21.8 Å². The van der Waals surface area contributed by atoms with Crippen molar-refractivity contribution < 1.29 is 26.4 Å². The lowest BCUT2D eigenvalue weighted by molar-refractivity contribution is -0.137. The molecule has 0 unspecified atom stereocenters. The summed E-state index contributed by atoms with van der Waals surface area (Å²) in [5, 5.41) is 4.18. The minimum Gasteiger partial charge on any atom is -0.294 e. The maximum atomic E-state index is 13.4. The summed E-state index contributed by atoms with van der Waals surface area (Å²) in [5.74, 6) is -0.833. The second-order valence-corrected chi connectivity index (χ2v) is 9.64. The van der Waals surface area contributed by atoms with E-state index in [1.807, 2.05) is 0 Å². The van der Waals surface area contributed by atoms with Crippen LogP contribution < -0.4 is 0 Å². The van der Waals surface area contributed by atoms with Gasteiger partial charge in [-0.3, -0.25) is 4.79 Å². The number of halogens is 4. The van der Waals surface area contributed by atoms with Crippen molar-refractivity contribution in [2.24, 2.45) is 0 Å². The number of ketones is 1. The van der Waals surface area contributed by atoms with Crippen LogP contribution in [0.1, 0.15) is 27.0 Å². The van der Waals surface area contributed by atoms with Crippen LogP contribution in [0.4, 0.5) is 13.2 Å². The van der Waals surface area contributed by atoms with E-state index >= 15 is 0 Å². The minimum atomic E-state index is -4.75. The number of hydrogen-bond donors (Lipinski definition) is 0. The topological polar surface area (TPSA) is 69.0 Å². The SMILES string of the molecule is Cc1cccc(S(=O)(=O)n2ncc3ccc(CC(=O)c4c(Cl)cccc4C(F)(F)F)cc32)c1. The minimum absolute atomic E-state index is 0.0415. The third kappa shape index (κ3) is 4.38. The molecule has 33 heavy (non-hydrogen) atoms. The van der Waals surface area contributed by atoms with Gasteiger partial charge in [0.2, 0.25) is 0 Å². The summed E-state index contributed by atoms with van der Waals surface area (Å²) in [6.07, 6.45) is -3.79. The molecular weight excluding hydrogens is 477 g/mol. The Bertz CT molecular complexity index is 1490. The van der Waals surface area contributed by atoms with E-state index in [4.69, 9.17) is 11.6 Å². The van der Waals surface area contributed by atoms with E-state index in [2.05, 4.69) is 5.10 Å². The molecule has 0 spiro atoms. The first-order valence-electron chi connectivity index (χ1n) is 9.66. The third-order valence-corrected chi connectivity index (χ3v) is 6.99. The highest BCUT2D eigenvalue weighted by Gasteiger charge is 2.36. The predicted octanol–water partition coefficient (Wildman–Crippen LogP) is 5.68. The van der Waals surface area contributed by atoms with Crippen LogP contribution in [-0.2, 0) is 22.6 Å². The molecule has 170 valence electrons. The number of fused-ring (bicyclic) bond motifs is 1. The van der Waals surface area contributed by atoms with Crippen LogP contribution in [0.5, 0.6) is 0 Å². The maximum Gasteiger partial charge on any atom is 0.417 e. The standard InChI is InChI=1S/C23H16ClF3N2O3S/c1-14-4-2-5-17(10-14)33(31,32)29-20-11-15(8-9-16(20)13-28-29)12-21(30)22-18(23(25,26)27)6-3-7-19(22)24/h2-11,13H,12H2,1H3. The average Bonchev–Trinajstić information content (AvgIpc) is 3.17. The van der Waals surface area contributed by atoms with Crippen molar-refractivity contribution in [3.63, 3.8) is 0 Å². The number of benzene rings is 3. The van der Waals surface area contributed by atoms with Gasteiger partial charge in [-0.15, -0.1) is 0 Å². The largest absolute Gasteiger partial charge is 0.417 e. The van der Waals surface area contributed by atoms with Gasteiger partial charge in [-0.1, -0.05) is 41.9 Å². The van der Waals surface area contributed by atoms with Crippen LogP contribution in [-0.4, -0.2) is 23.4 Å². The van der Waals surface area contributed by atoms with Gasteiger partial charge in [0.25, 0.3) is 10.0 Å². The molecule has 4 aromatic rings. The highest BCUT2D eigenvalue weighted by molar-refractivity contribution is 7.90. The zero-order chi connectivity index (χ0) is 24.0. The predicted molar refractivity (Wildman–Crippen MR) is 118 cm³/mol. The van der Waals surface area contributed by atoms with E-state index in [9.17, 15) is 26.4 Å². The van der Waals surface area contributed by atoms with Gasteiger partial charge in [-0.25, -0.2) is 0 Å². The first kappa shape index (κ1) is 23.0. The number of nitrogens with zero attached hydrogens (tertiary/aromatic N) is 2. The Kier molecular flexibility index (Phi) is 5.79. The molecule has 0 amide bonds. The van der Waals surface area contributed by atoms with Gasteiger partial charge >= 0.3 is 6.18 Å². The van der Waals surface area contributed by atoms with E-state index in [-0.39, 0.29) is 15.4 Å². The van der Waals surface area contributed by atoms with Crippen LogP contribution in [0.2, 0.25) is 5.02 Å². The van der Waals surface area contributed by atoms with Crippen molar-refractivity contribution in [1.82, 2.24) is 9.19 Å². The number of hydrogen-bond acceptors (Lipinski definition) is 4. The molecule has 4 rings (SSSR count). The fourth-order valence-corrected chi connectivity index (χ4v) is 5.19. The zero-order valence-corrected chi connectivity index (χ0v) is 18.7. The lowest BCUT2D eigenvalue weighted by Crippen LogP contribution is -2.16. The van der Waals surface area contributed by atoms with E-state index in [1.54, 1.807) is 25.1 Å². The van der Waals surface area contributed by atoms with Crippen molar-refractivity contribution in [2.75, 3.05) is 0 Å². The molecule has 0 saturated carbocycles. The summed E-state index contributed by atoms with van der Waals surface area (Å²) in [6.45, 7) is 1.76. The maximum absolute atomic E-state index is 13.4. The Morgan fingerprint density at radius 1 is 1.06 bits per heavy atom. The fourth-order valence-electron chi connectivity index (χ4n) is 3.54. The third-order valence-electron chi connectivity index (χ3n) is 5.08. The molecule has 10 heteroatoms. The molecular formula is C23H16ClF3N2O3S. The van der Waals surface area contributed by atoms with E-state index in [0.29, 0.717) is 10.9 Å². The molecule has 0 atom stereocenters. The van der Waals surface area contributed by atoms with E-state index < -0.39 is 39.5 Å². The number of alkyl halides is 3. The van der Waals surface area contributed by atoms with Crippen LogP contribution in [0, 0.1) is 6.92 Å². The van der Waals surface area contributed by atoms with Crippen LogP contribution in [0.25, 0.3) is 10.9 Å². The Morgan fingerprint density at radius 2 is 1.79 bits per heavy atom. The summed E-state index contributed by atoms with van der Waals surface area (Å²) in [4.78, 5) is 12.8. The lowest BCUT2D eigenvalue weighted by Gasteiger charge is -2.13. The number of rotatable bonds is 5. The highest BCUT2D eigenvalue weighted by Crippen LogP contribution is 2.35. The Labute approximate surface area is 192 Å². The van der Waals surface area contributed by atoms with Gasteiger partial charge in [0.1, 0.15) is 0 Å². The first-order chi connectivity index (χ1) is 15.5. The van der Waals surface area contributed by atoms with Crippen molar-refractivity contribution >= 4 is 38.3 Å². The molecule has 1 aromatic heterocycles. The molecule has 0 radical (unpaired) electrons. The summed E-state index contributed by atoms with van der Waals surface area (Å²) < 4.78 is 67.2. The van der Waals surface area contributed by atoms with Gasteiger partial charge < -0.3 is 0 Å². The van der Waals surface area contributed by atoms with Crippen molar-refractivity contribution in [2.45, 2.75) is 24.4 Å². The Morgan fingerprint density at radius 3 is 2.48 bits per heavy atom. The first-order valence-corrected chi connectivity index (χ1v) is 11.5. The van der Waals surface area contributed by atoms with Crippen molar-refractivity contribution in [3.8, 4) is 0 Å². The zero-order valence-electron chi connectivity index (χ0n) is 17.1. The molecule has 0 aliphatic heterocycles. The number of carbonyl (C=O) groups is 1. The Hall–Kier alpha value is -3.17. The normalized spacial score (nSPS) is 12.3. The van der Waals surface area contributed by atoms with Crippen LogP contribution in [0.15, 0.2) is 71.8 Å². The van der Waals surface area contributed by atoms with Crippen LogP contribution >= 0.6 is 11.6 Å². The molecule has 1 heterocycles. The second-order valence-electron chi connectivity index (χ2n) is 7.46. The van der Waals surface area contributed by atoms with Gasteiger partial charge in [-0.2, -0.15) is 30.8 Å². The van der Waals surface area contributed by atoms with Crippen molar-refractivity contribution in [3.05, 3.63) is 94.1 Å². The summed E-state index contributed by atoms with van der Waals surface area (Å²) in [5.41, 5.74) is -0.460. The van der Waals surface area contributed by atoms with Gasteiger partial charge in [0, 0.05) is 17.4 Å². The molecule has 5 nitrogen and oxygen atoms in total. The number of Topliss-reactive ketones (excluding diaryl/α,β-unsaturated/α-hetero) is 1. The van der Waals surface area contributed by atoms with Gasteiger partial charge in [0.15, 0.2) is 5.78 Å².